The highest BCUT2D eigenvalue weighted by Crippen LogP contribution is 2.32. The minimum Gasteiger partial charge on any atom is -0.375 e. The normalized spacial score (nSPS) is 14.6. The van der Waals surface area contributed by atoms with E-state index < -0.39 is 0 Å². The predicted octanol–water partition coefficient (Wildman–Crippen LogP) is 4.14. The SMILES string of the molecule is Cl.Nc1ncc(CN(Cc2csc(Br)c2)C2CC2)s1. The zero-order valence-electron chi connectivity index (χ0n) is 10.2. The molecule has 0 amide bonds. The first-order valence-corrected chi connectivity index (χ1v) is 8.37. The fourth-order valence-electron chi connectivity index (χ4n) is 2.01. The molecule has 0 atom stereocenters. The first-order valence-electron chi connectivity index (χ1n) is 5.88. The molecule has 0 saturated heterocycles. The van der Waals surface area contributed by atoms with Crippen LogP contribution < -0.4 is 5.73 Å². The summed E-state index contributed by atoms with van der Waals surface area (Å²) in [6.07, 6.45) is 4.54. The zero-order chi connectivity index (χ0) is 12.5. The number of aromatic nitrogens is 1. The lowest BCUT2D eigenvalue weighted by Gasteiger charge is -2.20. The van der Waals surface area contributed by atoms with Crippen molar-refractivity contribution in [2.75, 3.05) is 5.73 Å². The summed E-state index contributed by atoms with van der Waals surface area (Å²) in [6, 6.07) is 2.95. The molecule has 19 heavy (non-hydrogen) atoms. The van der Waals surface area contributed by atoms with Gasteiger partial charge in [0.2, 0.25) is 0 Å². The third-order valence-corrected chi connectivity index (χ3v) is 5.37. The highest BCUT2D eigenvalue weighted by Gasteiger charge is 2.29. The second-order valence-electron chi connectivity index (χ2n) is 4.56. The Morgan fingerprint density at radius 2 is 2.21 bits per heavy atom. The van der Waals surface area contributed by atoms with Gasteiger partial charge in [0.1, 0.15) is 0 Å². The van der Waals surface area contributed by atoms with E-state index in [1.165, 1.54) is 27.1 Å². The number of thiazole rings is 1. The van der Waals surface area contributed by atoms with Crippen LogP contribution in [0.2, 0.25) is 0 Å². The van der Waals surface area contributed by atoms with Gasteiger partial charge in [0.15, 0.2) is 5.13 Å². The van der Waals surface area contributed by atoms with Gasteiger partial charge in [-0.1, -0.05) is 0 Å². The van der Waals surface area contributed by atoms with E-state index in [1.54, 1.807) is 22.7 Å². The second-order valence-corrected chi connectivity index (χ2v) is 8.00. The van der Waals surface area contributed by atoms with E-state index >= 15 is 0 Å². The monoisotopic (exact) mass is 379 g/mol. The average molecular weight is 381 g/mol. The predicted molar refractivity (Wildman–Crippen MR) is 88.1 cm³/mol. The number of hydrogen-bond acceptors (Lipinski definition) is 5. The summed E-state index contributed by atoms with van der Waals surface area (Å²) in [4.78, 5) is 7.91. The number of nitrogen functional groups attached to an aromatic ring is 1. The first kappa shape index (κ1) is 15.3. The van der Waals surface area contributed by atoms with Crippen LogP contribution in [0.5, 0.6) is 0 Å². The van der Waals surface area contributed by atoms with Crippen LogP contribution in [-0.4, -0.2) is 15.9 Å². The molecule has 2 aromatic heterocycles. The molecular weight excluding hydrogens is 366 g/mol. The molecule has 1 saturated carbocycles. The quantitative estimate of drug-likeness (QED) is 0.848. The Labute approximate surface area is 135 Å². The van der Waals surface area contributed by atoms with Crippen molar-refractivity contribution in [2.24, 2.45) is 0 Å². The van der Waals surface area contributed by atoms with Crippen molar-refractivity contribution < 1.29 is 0 Å². The van der Waals surface area contributed by atoms with E-state index in [9.17, 15) is 0 Å². The van der Waals surface area contributed by atoms with Crippen molar-refractivity contribution in [3.63, 3.8) is 0 Å². The van der Waals surface area contributed by atoms with Gasteiger partial charge in [-0.25, -0.2) is 4.98 Å². The molecule has 1 fully saturated rings. The summed E-state index contributed by atoms with van der Waals surface area (Å²) in [7, 11) is 0. The van der Waals surface area contributed by atoms with Gasteiger partial charge in [0.25, 0.3) is 0 Å². The van der Waals surface area contributed by atoms with Crippen LogP contribution in [0, 0.1) is 0 Å². The van der Waals surface area contributed by atoms with Crippen LogP contribution in [0.1, 0.15) is 23.3 Å². The minimum atomic E-state index is 0. The summed E-state index contributed by atoms with van der Waals surface area (Å²) in [5, 5.41) is 2.89. The van der Waals surface area contributed by atoms with E-state index in [0.29, 0.717) is 5.13 Å². The lowest BCUT2D eigenvalue weighted by molar-refractivity contribution is 0.248. The molecule has 0 unspecified atom stereocenters. The van der Waals surface area contributed by atoms with Crippen molar-refractivity contribution in [3.8, 4) is 0 Å². The van der Waals surface area contributed by atoms with Crippen molar-refractivity contribution in [1.29, 1.82) is 0 Å². The molecular formula is C12H15BrClN3S2. The molecule has 2 heterocycles. The molecule has 0 radical (unpaired) electrons. The maximum atomic E-state index is 5.69. The van der Waals surface area contributed by atoms with Gasteiger partial charge in [-0.3, -0.25) is 4.90 Å². The van der Waals surface area contributed by atoms with Crippen molar-refractivity contribution in [1.82, 2.24) is 9.88 Å². The Kier molecular flexibility index (Phi) is 5.25. The molecule has 1 aliphatic carbocycles. The van der Waals surface area contributed by atoms with E-state index in [0.717, 1.165) is 19.1 Å². The Morgan fingerprint density at radius 1 is 1.42 bits per heavy atom. The lowest BCUT2D eigenvalue weighted by Crippen LogP contribution is -2.24. The highest BCUT2D eigenvalue weighted by atomic mass is 79.9. The van der Waals surface area contributed by atoms with Crippen molar-refractivity contribution in [3.05, 3.63) is 31.9 Å². The van der Waals surface area contributed by atoms with E-state index in [1.807, 2.05) is 6.20 Å². The summed E-state index contributed by atoms with van der Waals surface area (Å²) >= 11 is 6.86. The topological polar surface area (TPSA) is 42.1 Å². The molecule has 1 aliphatic rings. The Hall–Kier alpha value is -0.140. The summed E-state index contributed by atoms with van der Waals surface area (Å²) in [5.74, 6) is 0. The van der Waals surface area contributed by atoms with E-state index in [-0.39, 0.29) is 12.4 Å². The molecule has 0 aromatic carbocycles. The van der Waals surface area contributed by atoms with Gasteiger partial charge in [-0.2, -0.15) is 0 Å². The van der Waals surface area contributed by atoms with Gasteiger partial charge in [-0.15, -0.1) is 35.1 Å². The van der Waals surface area contributed by atoms with Crippen molar-refractivity contribution >= 4 is 56.1 Å². The smallest absolute Gasteiger partial charge is 0.180 e. The van der Waals surface area contributed by atoms with E-state index in [2.05, 4.69) is 37.3 Å². The number of halogens is 2. The van der Waals surface area contributed by atoms with Crippen LogP contribution in [0.25, 0.3) is 0 Å². The molecule has 7 heteroatoms. The van der Waals surface area contributed by atoms with Gasteiger partial charge in [0, 0.05) is 30.2 Å². The lowest BCUT2D eigenvalue weighted by atomic mass is 10.3. The second kappa shape index (κ2) is 6.54. The van der Waals surface area contributed by atoms with E-state index in [4.69, 9.17) is 5.73 Å². The number of rotatable bonds is 5. The summed E-state index contributed by atoms with van der Waals surface area (Å²) in [5.41, 5.74) is 7.07. The van der Waals surface area contributed by atoms with Crippen LogP contribution in [-0.2, 0) is 13.1 Å². The molecule has 0 aliphatic heterocycles. The van der Waals surface area contributed by atoms with Gasteiger partial charge in [0.05, 0.1) is 3.79 Å². The van der Waals surface area contributed by atoms with Crippen LogP contribution in [0.15, 0.2) is 21.4 Å². The summed E-state index contributed by atoms with van der Waals surface area (Å²) < 4.78 is 1.20. The number of hydrogen-bond donors (Lipinski definition) is 1. The Balaban J connectivity index is 0.00000133. The molecule has 0 spiro atoms. The largest absolute Gasteiger partial charge is 0.375 e. The summed E-state index contributed by atoms with van der Waals surface area (Å²) in [6.45, 7) is 1.98. The highest BCUT2D eigenvalue weighted by molar-refractivity contribution is 9.11. The van der Waals surface area contributed by atoms with Gasteiger partial charge >= 0.3 is 0 Å². The standard InChI is InChI=1S/C12H14BrN3S2.ClH/c13-11-3-8(7-17-11)5-16(9-1-2-9)6-10-4-15-12(14)18-10;/h3-4,7,9H,1-2,5-6H2,(H2,14,15);1H. The Bertz CT molecular complexity index is 496. The number of anilines is 1. The molecule has 2 N–H and O–H groups in total. The molecule has 3 nitrogen and oxygen atoms in total. The number of nitrogens with zero attached hydrogens (tertiary/aromatic N) is 2. The number of thiophene rings is 1. The molecule has 3 rings (SSSR count). The van der Waals surface area contributed by atoms with Gasteiger partial charge in [-0.05, 0) is 45.8 Å². The fourth-order valence-corrected chi connectivity index (χ4v) is 3.92. The molecule has 104 valence electrons. The third-order valence-electron chi connectivity index (χ3n) is 3.00. The van der Waals surface area contributed by atoms with Crippen molar-refractivity contribution in [2.45, 2.75) is 32.0 Å². The zero-order valence-corrected chi connectivity index (χ0v) is 14.2. The minimum absolute atomic E-state index is 0. The fraction of sp³-hybridized carbons (Fsp3) is 0.417. The van der Waals surface area contributed by atoms with Crippen LogP contribution in [0.3, 0.4) is 0 Å². The first-order chi connectivity index (χ1) is 8.70. The van der Waals surface area contributed by atoms with Gasteiger partial charge < -0.3 is 5.73 Å². The third kappa shape index (κ3) is 4.16. The molecule has 0 bridgehead atoms. The number of nitrogens with two attached hydrogens (primary N) is 1. The molecule has 2 aromatic rings. The maximum Gasteiger partial charge on any atom is 0.180 e. The average Bonchev–Trinajstić information content (AvgIpc) is 2.99. The Morgan fingerprint density at radius 3 is 2.74 bits per heavy atom. The van der Waals surface area contributed by atoms with Crippen LogP contribution >= 0.6 is 51.0 Å². The maximum absolute atomic E-state index is 5.69. The van der Waals surface area contributed by atoms with Crippen LogP contribution in [0.4, 0.5) is 5.13 Å².